The van der Waals surface area contributed by atoms with Gasteiger partial charge in [-0.15, -0.1) is 0 Å². The van der Waals surface area contributed by atoms with Gasteiger partial charge in [0.05, 0.1) is 29.8 Å². The van der Waals surface area contributed by atoms with Crippen molar-refractivity contribution in [2.24, 2.45) is 0 Å². The fraction of sp³-hybridized carbons (Fsp3) is 0.250. The zero-order valence-corrected chi connectivity index (χ0v) is 13.3. The van der Waals surface area contributed by atoms with Crippen LogP contribution in [0.2, 0.25) is 0 Å². The summed E-state index contributed by atoms with van der Waals surface area (Å²) in [7, 11) is 1.17. The molecule has 2 rings (SSSR count). The lowest BCUT2D eigenvalue weighted by atomic mass is 9.98. The molecule has 2 aromatic rings. The average molecular weight is 333 g/mol. The Bertz CT molecular complexity index is 807. The molecule has 0 N–H and O–H groups in total. The van der Waals surface area contributed by atoms with Crippen LogP contribution in [0, 0.1) is 17.0 Å². The van der Waals surface area contributed by atoms with E-state index in [1.807, 2.05) is 0 Å². The first-order valence-corrected chi connectivity index (χ1v) is 7.04. The molecular formula is C16H15NO7. The van der Waals surface area contributed by atoms with E-state index in [4.69, 9.17) is 13.9 Å². The summed E-state index contributed by atoms with van der Waals surface area (Å²) in [5.74, 6) is -1.74. The minimum absolute atomic E-state index is 0.00917. The van der Waals surface area contributed by atoms with Gasteiger partial charge in [-0.2, -0.15) is 0 Å². The van der Waals surface area contributed by atoms with Crippen molar-refractivity contribution in [3.8, 4) is 11.1 Å². The molecule has 0 bridgehead atoms. The lowest BCUT2D eigenvalue weighted by Crippen LogP contribution is -2.08. The van der Waals surface area contributed by atoms with E-state index in [1.54, 1.807) is 13.0 Å². The number of furan rings is 1. The second-order valence-electron chi connectivity index (χ2n) is 4.72. The van der Waals surface area contributed by atoms with E-state index in [9.17, 15) is 19.7 Å². The van der Waals surface area contributed by atoms with Crippen LogP contribution in [0.4, 0.5) is 5.69 Å². The number of ether oxygens (including phenoxy) is 2. The number of carbonyl (C=O) groups excluding carboxylic acids is 2. The molecule has 1 aromatic heterocycles. The number of nitrogens with zero attached hydrogens (tertiary/aromatic N) is 1. The smallest absolute Gasteiger partial charge is 0.374 e. The molecule has 0 fully saturated rings. The summed E-state index contributed by atoms with van der Waals surface area (Å²) in [6.45, 7) is 3.16. The van der Waals surface area contributed by atoms with Crippen LogP contribution >= 0.6 is 0 Å². The highest BCUT2D eigenvalue weighted by atomic mass is 16.6. The minimum atomic E-state index is -0.816. The molecule has 126 valence electrons. The number of nitro groups is 1. The first-order valence-electron chi connectivity index (χ1n) is 7.04. The quantitative estimate of drug-likeness (QED) is 0.469. The van der Waals surface area contributed by atoms with Crippen LogP contribution in [0.1, 0.15) is 33.6 Å². The molecule has 0 aliphatic carbocycles. The second-order valence-corrected chi connectivity index (χ2v) is 4.72. The predicted molar refractivity (Wildman–Crippen MR) is 82.8 cm³/mol. The molecule has 0 radical (unpaired) electrons. The third-order valence-electron chi connectivity index (χ3n) is 3.30. The van der Waals surface area contributed by atoms with Crippen LogP contribution < -0.4 is 0 Å². The molecule has 0 saturated carbocycles. The van der Waals surface area contributed by atoms with Crippen molar-refractivity contribution in [2.75, 3.05) is 13.7 Å². The highest BCUT2D eigenvalue weighted by molar-refractivity contribution is 6.06. The number of esters is 2. The summed E-state index contributed by atoms with van der Waals surface area (Å²) in [6.07, 6.45) is 0. The van der Waals surface area contributed by atoms with E-state index in [0.717, 1.165) is 0 Å². The lowest BCUT2D eigenvalue weighted by molar-refractivity contribution is -0.384. The van der Waals surface area contributed by atoms with Crippen LogP contribution in [0.15, 0.2) is 28.7 Å². The number of methoxy groups -OCH3 is 1. The number of rotatable bonds is 5. The molecule has 8 heteroatoms. The molecule has 0 atom stereocenters. The van der Waals surface area contributed by atoms with E-state index in [2.05, 4.69) is 0 Å². The predicted octanol–water partition coefficient (Wildman–Crippen LogP) is 3.13. The van der Waals surface area contributed by atoms with Gasteiger partial charge >= 0.3 is 11.9 Å². The van der Waals surface area contributed by atoms with Crippen LogP contribution in [0.5, 0.6) is 0 Å². The van der Waals surface area contributed by atoms with Gasteiger partial charge in [0.15, 0.2) is 0 Å². The fourth-order valence-electron chi connectivity index (χ4n) is 2.33. The van der Waals surface area contributed by atoms with Crippen molar-refractivity contribution in [1.29, 1.82) is 0 Å². The number of hydrogen-bond donors (Lipinski definition) is 0. The molecular weight excluding hydrogens is 318 g/mol. The SMILES string of the molecule is CCOC(=O)c1oc(C)c(C(=O)OC)c1-c1ccccc1[N+](=O)[O-]. The Morgan fingerprint density at radius 3 is 2.50 bits per heavy atom. The van der Waals surface area contributed by atoms with E-state index in [1.165, 1.54) is 32.2 Å². The van der Waals surface area contributed by atoms with Gasteiger partial charge in [-0.05, 0) is 19.9 Å². The van der Waals surface area contributed by atoms with E-state index in [0.29, 0.717) is 0 Å². The van der Waals surface area contributed by atoms with Gasteiger partial charge in [-0.25, -0.2) is 9.59 Å². The Morgan fingerprint density at radius 2 is 1.92 bits per heavy atom. The number of aryl methyl sites for hydroxylation is 1. The summed E-state index contributed by atoms with van der Waals surface area (Å²) < 4.78 is 15.0. The standard InChI is InChI=1S/C16H15NO7/c1-4-23-16(19)14-13(12(9(2)24-14)15(18)22-3)10-7-5-6-8-11(10)17(20)21/h5-8H,4H2,1-3H3. The van der Waals surface area contributed by atoms with Gasteiger partial charge in [0.2, 0.25) is 5.76 Å². The highest BCUT2D eigenvalue weighted by Gasteiger charge is 2.33. The summed E-state index contributed by atoms with van der Waals surface area (Å²) in [5.41, 5.74) is -0.253. The van der Waals surface area contributed by atoms with Crippen molar-refractivity contribution in [3.05, 3.63) is 51.5 Å². The Morgan fingerprint density at radius 1 is 1.25 bits per heavy atom. The normalized spacial score (nSPS) is 10.3. The van der Waals surface area contributed by atoms with Gasteiger partial charge in [0.25, 0.3) is 5.69 Å². The van der Waals surface area contributed by atoms with Crippen molar-refractivity contribution in [3.63, 3.8) is 0 Å². The molecule has 0 aliphatic rings. The van der Waals surface area contributed by atoms with Gasteiger partial charge in [-0.1, -0.05) is 12.1 Å². The first-order chi connectivity index (χ1) is 11.4. The summed E-state index contributed by atoms with van der Waals surface area (Å²) in [6, 6.07) is 5.74. The van der Waals surface area contributed by atoms with Crippen LogP contribution in [0.3, 0.4) is 0 Å². The van der Waals surface area contributed by atoms with Crippen molar-refractivity contribution in [1.82, 2.24) is 0 Å². The highest BCUT2D eigenvalue weighted by Crippen LogP contribution is 2.38. The number of hydrogen-bond acceptors (Lipinski definition) is 7. The van der Waals surface area contributed by atoms with Gasteiger partial charge in [0.1, 0.15) is 11.3 Å². The minimum Gasteiger partial charge on any atom is -0.465 e. The Kier molecular flexibility index (Phi) is 4.98. The average Bonchev–Trinajstić information content (AvgIpc) is 2.91. The van der Waals surface area contributed by atoms with Crippen molar-refractivity contribution >= 4 is 17.6 Å². The first kappa shape index (κ1) is 17.2. The molecule has 24 heavy (non-hydrogen) atoms. The molecule has 8 nitrogen and oxygen atoms in total. The van der Waals surface area contributed by atoms with Gasteiger partial charge < -0.3 is 13.9 Å². The molecule has 0 saturated heterocycles. The summed E-state index contributed by atoms with van der Waals surface area (Å²) in [5, 5.41) is 11.3. The zero-order valence-electron chi connectivity index (χ0n) is 13.3. The van der Waals surface area contributed by atoms with Crippen LogP contribution in [0.25, 0.3) is 11.1 Å². The largest absolute Gasteiger partial charge is 0.465 e. The third-order valence-corrected chi connectivity index (χ3v) is 3.30. The van der Waals surface area contributed by atoms with Gasteiger partial charge in [0, 0.05) is 6.07 Å². The molecule has 0 aliphatic heterocycles. The summed E-state index contributed by atoms with van der Waals surface area (Å²) >= 11 is 0. The Labute approximate surface area is 137 Å². The van der Waals surface area contributed by atoms with E-state index < -0.39 is 16.9 Å². The molecule has 1 aromatic carbocycles. The Hall–Kier alpha value is -3.16. The monoisotopic (exact) mass is 333 g/mol. The van der Waals surface area contributed by atoms with E-state index in [-0.39, 0.29) is 40.5 Å². The maximum absolute atomic E-state index is 12.2. The lowest BCUT2D eigenvalue weighted by Gasteiger charge is -2.06. The van der Waals surface area contributed by atoms with Crippen LogP contribution in [-0.2, 0) is 9.47 Å². The molecule has 0 unspecified atom stereocenters. The number of nitro benzene ring substituents is 1. The number of carbonyl (C=O) groups is 2. The van der Waals surface area contributed by atoms with Crippen molar-refractivity contribution in [2.45, 2.75) is 13.8 Å². The maximum Gasteiger partial charge on any atom is 0.374 e. The van der Waals surface area contributed by atoms with Crippen molar-refractivity contribution < 1.29 is 28.4 Å². The van der Waals surface area contributed by atoms with Crippen LogP contribution in [-0.4, -0.2) is 30.6 Å². The number of para-hydroxylation sites is 1. The number of benzene rings is 1. The Balaban J connectivity index is 2.82. The summed E-state index contributed by atoms with van der Waals surface area (Å²) in [4.78, 5) is 35.0. The molecule has 1 heterocycles. The second kappa shape index (κ2) is 6.95. The zero-order chi connectivity index (χ0) is 17.9. The van der Waals surface area contributed by atoms with E-state index >= 15 is 0 Å². The van der Waals surface area contributed by atoms with Gasteiger partial charge in [-0.3, -0.25) is 10.1 Å². The molecule has 0 spiro atoms. The maximum atomic E-state index is 12.2. The fourth-order valence-corrected chi connectivity index (χ4v) is 2.33. The third kappa shape index (κ3) is 2.98. The topological polar surface area (TPSA) is 109 Å². The molecule has 0 amide bonds.